The molecule has 0 unspecified atom stereocenters. The van der Waals surface area contributed by atoms with E-state index in [-0.39, 0.29) is 23.4 Å². The second-order valence-electron chi connectivity index (χ2n) is 8.47. The van der Waals surface area contributed by atoms with Gasteiger partial charge in [0.2, 0.25) is 15.9 Å². The lowest BCUT2D eigenvalue weighted by molar-refractivity contribution is -0.116. The summed E-state index contributed by atoms with van der Waals surface area (Å²) in [6.45, 7) is 7.50. The third-order valence-corrected chi connectivity index (χ3v) is 7.62. The van der Waals surface area contributed by atoms with Crippen molar-refractivity contribution in [2.75, 3.05) is 18.4 Å². The van der Waals surface area contributed by atoms with Gasteiger partial charge in [0.15, 0.2) is 0 Å². The Labute approximate surface area is 204 Å². The molecule has 0 spiro atoms. The normalized spacial score (nSPS) is 12.2. The molecule has 3 rings (SSSR count). The van der Waals surface area contributed by atoms with Crippen LogP contribution in [0.3, 0.4) is 0 Å². The van der Waals surface area contributed by atoms with E-state index in [4.69, 9.17) is 23.2 Å². The Balaban J connectivity index is 1.91. The van der Waals surface area contributed by atoms with Gasteiger partial charge >= 0.3 is 0 Å². The van der Waals surface area contributed by atoms with Gasteiger partial charge in [-0.25, -0.2) is 13.1 Å². The monoisotopic (exact) mass is 508 g/mol. The van der Waals surface area contributed by atoms with Crippen LogP contribution in [0.4, 0.5) is 5.82 Å². The second kappa shape index (κ2) is 9.85. The topological polar surface area (TPSA) is 84.3 Å². The van der Waals surface area contributed by atoms with Crippen LogP contribution >= 0.6 is 23.2 Å². The van der Waals surface area contributed by atoms with Crippen LogP contribution in [0.1, 0.15) is 33.4 Å². The molecule has 33 heavy (non-hydrogen) atoms. The second-order valence-corrected chi connectivity index (χ2v) is 11.2. The third kappa shape index (κ3) is 5.76. The molecule has 0 aliphatic heterocycles. The molecule has 1 amide bonds. The molecule has 3 aromatic rings. The van der Waals surface area contributed by atoms with Gasteiger partial charge in [0.05, 0.1) is 32.9 Å². The van der Waals surface area contributed by atoms with Crippen LogP contribution in [-0.4, -0.2) is 41.5 Å². The molecule has 1 aromatic heterocycles. The summed E-state index contributed by atoms with van der Waals surface area (Å²) in [7, 11) is -3.81. The van der Waals surface area contributed by atoms with E-state index in [9.17, 15) is 13.2 Å². The molecular weight excluding hydrogens is 483 g/mol. The highest BCUT2D eigenvalue weighted by molar-refractivity contribution is 7.89. The Kier molecular flexibility index (Phi) is 7.53. The van der Waals surface area contributed by atoms with Gasteiger partial charge in [-0.05, 0) is 30.3 Å². The zero-order valence-electron chi connectivity index (χ0n) is 18.8. The van der Waals surface area contributed by atoms with Crippen molar-refractivity contribution in [2.45, 2.75) is 38.0 Å². The average Bonchev–Trinajstić information content (AvgIpc) is 3.18. The van der Waals surface area contributed by atoms with Crippen LogP contribution in [0.5, 0.6) is 0 Å². The van der Waals surface area contributed by atoms with Crippen molar-refractivity contribution in [3.05, 3.63) is 70.3 Å². The van der Waals surface area contributed by atoms with Crippen molar-refractivity contribution in [1.29, 1.82) is 0 Å². The fraction of sp³-hybridized carbons (Fsp3) is 0.304. The van der Waals surface area contributed by atoms with Crippen LogP contribution < -0.4 is 5.32 Å². The zero-order chi connectivity index (χ0) is 24.4. The number of likely N-dealkylation sites (N-methyl/N-ethyl adjacent to an activating group) is 1. The SMILES string of the molecule is CCN(CC(=O)Nc1cc(C(C)(C)C)nn1-c1ccc(Cl)c(Cl)c1)S(=O)(=O)c1ccccc1. The fourth-order valence-electron chi connectivity index (χ4n) is 3.10. The number of sulfonamides is 1. The first-order valence-electron chi connectivity index (χ1n) is 10.3. The first kappa shape index (κ1) is 25.2. The highest BCUT2D eigenvalue weighted by atomic mass is 35.5. The first-order valence-corrected chi connectivity index (χ1v) is 12.5. The summed E-state index contributed by atoms with van der Waals surface area (Å²) in [5.41, 5.74) is 1.07. The minimum Gasteiger partial charge on any atom is -0.309 e. The summed E-state index contributed by atoms with van der Waals surface area (Å²) in [4.78, 5) is 13.1. The Bertz CT molecular complexity index is 1250. The number of carbonyl (C=O) groups is 1. The third-order valence-electron chi connectivity index (χ3n) is 4.95. The van der Waals surface area contributed by atoms with Crippen molar-refractivity contribution < 1.29 is 13.2 Å². The molecule has 0 aliphatic carbocycles. The highest BCUT2D eigenvalue weighted by Crippen LogP contribution is 2.29. The first-order chi connectivity index (χ1) is 15.4. The number of anilines is 1. The molecule has 0 fully saturated rings. The summed E-state index contributed by atoms with van der Waals surface area (Å²) in [6, 6.07) is 14.8. The zero-order valence-corrected chi connectivity index (χ0v) is 21.2. The summed E-state index contributed by atoms with van der Waals surface area (Å²) in [5.74, 6) is -0.0884. The lowest BCUT2D eigenvalue weighted by Gasteiger charge is -2.20. The predicted molar refractivity (Wildman–Crippen MR) is 132 cm³/mol. The van der Waals surface area contributed by atoms with Gasteiger partial charge in [-0.2, -0.15) is 9.40 Å². The molecule has 0 radical (unpaired) electrons. The maximum Gasteiger partial charge on any atom is 0.243 e. The average molecular weight is 509 g/mol. The largest absolute Gasteiger partial charge is 0.309 e. The molecule has 0 bridgehead atoms. The quantitative estimate of drug-likeness (QED) is 0.479. The summed E-state index contributed by atoms with van der Waals surface area (Å²) < 4.78 is 28.6. The summed E-state index contributed by atoms with van der Waals surface area (Å²) in [6.07, 6.45) is 0. The molecule has 1 N–H and O–H groups in total. The number of nitrogens with one attached hydrogen (secondary N) is 1. The summed E-state index contributed by atoms with van der Waals surface area (Å²) in [5, 5.41) is 8.20. The minimum absolute atomic E-state index is 0.135. The Hall–Kier alpha value is -2.39. The number of halogens is 2. The molecule has 7 nitrogen and oxygen atoms in total. The molecule has 0 saturated heterocycles. The van der Waals surface area contributed by atoms with Gasteiger partial charge in [-0.1, -0.05) is 69.1 Å². The van der Waals surface area contributed by atoms with Gasteiger partial charge in [-0.3, -0.25) is 4.79 Å². The van der Waals surface area contributed by atoms with E-state index < -0.39 is 15.9 Å². The molecular formula is C23H26Cl2N4O3S. The van der Waals surface area contributed by atoms with Crippen molar-refractivity contribution in [1.82, 2.24) is 14.1 Å². The predicted octanol–water partition coefficient (Wildman–Crippen LogP) is 5.13. The molecule has 176 valence electrons. The van der Waals surface area contributed by atoms with Crippen molar-refractivity contribution in [3.8, 4) is 5.69 Å². The maximum absolute atomic E-state index is 12.9. The molecule has 2 aromatic carbocycles. The van der Waals surface area contributed by atoms with Crippen LogP contribution in [0.25, 0.3) is 5.69 Å². The van der Waals surface area contributed by atoms with E-state index in [0.717, 1.165) is 10.00 Å². The van der Waals surface area contributed by atoms with Crippen LogP contribution in [0.15, 0.2) is 59.5 Å². The van der Waals surface area contributed by atoms with Gasteiger partial charge in [0.25, 0.3) is 0 Å². The smallest absolute Gasteiger partial charge is 0.243 e. The Morgan fingerprint density at radius 2 is 1.73 bits per heavy atom. The number of rotatable bonds is 7. The number of hydrogen-bond donors (Lipinski definition) is 1. The van der Waals surface area contributed by atoms with E-state index in [0.29, 0.717) is 21.6 Å². The van der Waals surface area contributed by atoms with E-state index in [1.165, 1.54) is 12.1 Å². The number of hydrogen-bond acceptors (Lipinski definition) is 4. The highest BCUT2D eigenvalue weighted by Gasteiger charge is 2.26. The maximum atomic E-state index is 12.9. The van der Waals surface area contributed by atoms with Gasteiger partial charge in [0, 0.05) is 18.0 Å². The Morgan fingerprint density at radius 3 is 2.30 bits per heavy atom. The molecule has 0 saturated carbocycles. The number of carbonyl (C=O) groups excluding carboxylic acids is 1. The lowest BCUT2D eigenvalue weighted by atomic mass is 9.92. The van der Waals surface area contributed by atoms with Gasteiger partial charge in [0.1, 0.15) is 5.82 Å². The van der Waals surface area contributed by atoms with Crippen LogP contribution in [0, 0.1) is 0 Å². The van der Waals surface area contributed by atoms with E-state index in [2.05, 4.69) is 10.4 Å². The molecule has 10 heteroatoms. The molecule has 0 atom stereocenters. The molecule has 1 heterocycles. The summed E-state index contributed by atoms with van der Waals surface area (Å²) >= 11 is 12.2. The number of aromatic nitrogens is 2. The number of amides is 1. The molecule has 0 aliphatic rings. The fourth-order valence-corrected chi connectivity index (χ4v) is 4.82. The van der Waals surface area contributed by atoms with Crippen molar-refractivity contribution in [2.24, 2.45) is 0 Å². The lowest BCUT2D eigenvalue weighted by Crippen LogP contribution is -2.38. The van der Waals surface area contributed by atoms with E-state index in [1.807, 2.05) is 20.8 Å². The Morgan fingerprint density at radius 1 is 1.06 bits per heavy atom. The van der Waals surface area contributed by atoms with Gasteiger partial charge < -0.3 is 5.32 Å². The number of benzene rings is 2. The van der Waals surface area contributed by atoms with Crippen molar-refractivity contribution >= 4 is 45.0 Å². The van der Waals surface area contributed by atoms with E-state index in [1.54, 1.807) is 54.1 Å². The van der Waals surface area contributed by atoms with Crippen LogP contribution in [-0.2, 0) is 20.2 Å². The van der Waals surface area contributed by atoms with Crippen molar-refractivity contribution in [3.63, 3.8) is 0 Å². The standard InChI is InChI=1S/C23H26Cl2N4O3S/c1-5-28(33(31,32)17-9-7-6-8-10-17)15-22(30)26-21-14-20(23(2,3)4)27-29(21)16-11-12-18(24)19(25)13-16/h6-14H,5,15H2,1-4H3,(H,26,30). The van der Waals surface area contributed by atoms with Gasteiger partial charge in [-0.15, -0.1) is 0 Å². The van der Waals surface area contributed by atoms with E-state index >= 15 is 0 Å². The minimum atomic E-state index is -3.81. The van der Waals surface area contributed by atoms with Crippen LogP contribution in [0.2, 0.25) is 10.0 Å². The number of nitrogens with zero attached hydrogens (tertiary/aromatic N) is 3.